The molecule has 1 heteroatoms. The van der Waals surface area contributed by atoms with Crippen LogP contribution in [0.2, 0.25) is 0 Å². The van der Waals surface area contributed by atoms with E-state index in [0.717, 1.165) is 23.5 Å². The van der Waals surface area contributed by atoms with Crippen LogP contribution in [0, 0.1) is 53.3 Å². The number of thiol groups is 1. The first kappa shape index (κ1) is 12.0. The second kappa shape index (κ2) is 4.18. The van der Waals surface area contributed by atoms with Gasteiger partial charge < -0.3 is 0 Å². The van der Waals surface area contributed by atoms with E-state index in [1.54, 1.807) is 38.5 Å². The number of rotatable bonds is 3. The third-order valence-electron chi connectivity index (χ3n) is 8.26. The Kier molecular flexibility index (Phi) is 2.63. The van der Waals surface area contributed by atoms with Gasteiger partial charge in [-0.15, -0.1) is 0 Å². The SMILES string of the molecule is SCCCC1CC2CC1C1C3CC(C4CCCC43)C21. The van der Waals surface area contributed by atoms with Gasteiger partial charge in [-0.2, -0.15) is 12.6 Å². The summed E-state index contributed by atoms with van der Waals surface area (Å²) in [5, 5.41) is 0. The molecule has 0 aromatic heterocycles. The van der Waals surface area contributed by atoms with Crippen LogP contribution in [0.25, 0.3) is 0 Å². The van der Waals surface area contributed by atoms with Crippen molar-refractivity contribution in [3.05, 3.63) is 0 Å². The molecule has 5 rings (SSSR count). The van der Waals surface area contributed by atoms with Crippen molar-refractivity contribution >= 4 is 12.6 Å². The third kappa shape index (κ3) is 1.44. The second-order valence-corrected chi connectivity index (χ2v) is 8.95. The first-order valence-electron chi connectivity index (χ1n) is 8.99. The molecule has 4 bridgehead atoms. The van der Waals surface area contributed by atoms with Crippen molar-refractivity contribution in [2.75, 3.05) is 5.75 Å². The lowest BCUT2D eigenvalue weighted by molar-refractivity contribution is 0.0443. The Labute approximate surface area is 123 Å². The molecule has 9 atom stereocenters. The predicted octanol–water partition coefficient (Wildman–Crippen LogP) is 4.65. The highest BCUT2D eigenvalue weighted by Gasteiger charge is 2.67. The zero-order chi connectivity index (χ0) is 12.6. The maximum Gasteiger partial charge on any atom is -0.00978 e. The molecule has 0 N–H and O–H groups in total. The molecular formula is C18H28S. The fourth-order valence-corrected chi connectivity index (χ4v) is 8.32. The quantitative estimate of drug-likeness (QED) is 0.563. The average Bonchev–Trinajstić information content (AvgIpc) is 3.13. The van der Waals surface area contributed by atoms with Gasteiger partial charge in [0.05, 0.1) is 0 Å². The molecule has 5 aliphatic carbocycles. The smallest absolute Gasteiger partial charge is 0.00978 e. The van der Waals surface area contributed by atoms with Gasteiger partial charge in [-0.3, -0.25) is 0 Å². The van der Waals surface area contributed by atoms with E-state index < -0.39 is 0 Å². The van der Waals surface area contributed by atoms with Gasteiger partial charge >= 0.3 is 0 Å². The highest BCUT2D eigenvalue weighted by atomic mass is 32.1. The third-order valence-corrected chi connectivity index (χ3v) is 8.58. The molecule has 0 saturated heterocycles. The number of hydrogen-bond acceptors (Lipinski definition) is 1. The first-order chi connectivity index (χ1) is 9.38. The van der Waals surface area contributed by atoms with Crippen molar-refractivity contribution in [2.45, 2.75) is 51.4 Å². The van der Waals surface area contributed by atoms with Gasteiger partial charge in [0.1, 0.15) is 0 Å². The van der Waals surface area contributed by atoms with Crippen molar-refractivity contribution in [2.24, 2.45) is 53.3 Å². The highest BCUT2D eigenvalue weighted by molar-refractivity contribution is 7.80. The first-order valence-corrected chi connectivity index (χ1v) is 9.62. The van der Waals surface area contributed by atoms with E-state index in [0.29, 0.717) is 0 Å². The Hall–Kier alpha value is 0.350. The van der Waals surface area contributed by atoms with Crippen molar-refractivity contribution < 1.29 is 0 Å². The Bertz CT molecular complexity index is 376. The van der Waals surface area contributed by atoms with Crippen LogP contribution in [0.1, 0.15) is 51.4 Å². The van der Waals surface area contributed by atoms with Crippen LogP contribution >= 0.6 is 12.6 Å². The van der Waals surface area contributed by atoms with Gasteiger partial charge in [-0.25, -0.2) is 0 Å². The van der Waals surface area contributed by atoms with Gasteiger partial charge in [0.15, 0.2) is 0 Å². The van der Waals surface area contributed by atoms with Crippen LogP contribution in [-0.4, -0.2) is 5.75 Å². The van der Waals surface area contributed by atoms with Gasteiger partial charge in [0, 0.05) is 0 Å². The summed E-state index contributed by atoms with van der Waals surface area (Å²) in [5.74, 6) is 11.7. The maximum absolute atomic E-state index is 4.43. The molecule has 9 unspecified atom stereocenters. The summed E-state index contributed by atoms with van der Waals surface area (Å²) in [6, 6.07) is 0. The Balaban J connectivity index is 1.40. The van der Waals surface area contributed by atoms with Gasteiger partial charge in [-0.1, -0.05) is 6.42 Å². The summed E-state index contributed by atoms with van der Waals surface area (Å²) in [6.45, 7) is 0. The van der Waals surface area contributed by atoms with E-state index in [1.807, 2.05) is 0 Å². The molecule has 19 heavy (non-hydrogen) atoms. The molecule has 0 nitrogen and oxygen atoms in total. The molecule has 0 aliphatic heterocycles. The molecule has 0 spiro atoms. The van der Waals surface area contributed by atoms with Crippen LogP contribution in [-0.2, 0) is 0 Å². The summed E-state index contributed by atoms with van der Waals surface area (Å²) < 4.78 is 0. The topological polar surface area (TPSA) is 0 Å². The van der Waals surface area contributed by atoms with Gasteiger partial charge in [0.2, 0.25) is 0 Å². The molecule has 5 fully saturated rings. The van der Waals surface area contributed by atoms with Crippen molar-refractivity contribution in [3.8, 4) is 0 Å². The molecule has 0 aromatic carbocycles. The predicted molar refractivity (Wildman–Crippen MR) is 82.2 cm³/mol. The van der Waals surface area contributed by atoms with Crippen LogP contribution in [0.3, 0.4) is 0 Å². The largest absolute Gasteiger partial charge is 0.179 e. The van der Waals surface area contributed by atoms with Crippen molar-refractivity contribution in [1.29, 1.82) is 0 Å². The lowest BCUT2D eigenvalue weighted by Gasteiger charge is -2.43. The standard InChI is InChI=1S/C18H28S/c19-6-2-3-10-7-11-8-14(10)18-16-9-15(17(11)18)12-4-1-5-13(12)16/h10-19H,1-9H2. The highest BCUT2D eigenvalue weighted by Crippen LogP contribution is 2.73. The van der Waals surface area contributed by atoms with E-state index in [2.05, 4.69) is 12.6 Å². The lowest BCUT2D eigenvalue weighted by Crippen LogP contribution is -2.38. The summed E-state index contributed by atoms with van der Waals surface area (Å²) in [5.41, 5.74) is 0. The monoisotopic (exact) mass is 276 g/mol. The van der Waals surface area contributed by atoms with Gasteiger partial charge in [-0.05, 0) is 104 Å². The van der Waals surface area contributed by atoms with Crippen LogP contribution in [0.5, 0.6) is 0 Å². The van der Waals surface area contributed by atoms with E-state index >= 15 is 0 Å². The summed E-state index contributed by atoms with van der Waals surface area (Å²) in [7, 11) is 0. The average molecular weight is 276 g/mol. The fourth-order valence-electron chi connectivity index (χ4n) is 8.14. The normalized spacial score (nSPS) is 60.8. The minimum atomic E-state index is 1.11. The number of hydrogen-bond donors (Lipinski definition) is 1. The van der Waals surface area contributed by atoms with E-state index in [9.17, 15) is 0 Å². The minimum absolute atomic E-state index is 1.11. The van der Waals surface area contributed by atoms with E-state index in [1.165, 1.54) is 48.3 Å². The molecule has 0 radical (unpaired) electrons. The molecule has 5 aliphatic rings. The number of fused-ring (bicyclic) bond motifs is 12. The molecular weight excluding hydrogens is 248 g/mol. The zero-order valence-electron chi connectivity index (χ0n) is 12.0. The summed E-state index contributed by atoms with van der Waals surface area (Å²) >= 11 is 4.43. The fraction of sp³-hybridized carbons (Fsp3) is 1.00. The van der Waals surface area contributed by atoms with E-state index in [-0.39, 0.29) is 0 Å². The summed E-state index contributed by atoms with van der Waals surface area (Å²) in [6.07, 6.45) is 12.6. The molecule has 0 heterocycles. The zero-order valence-corrected chi connectivity index (χ0v) is 12.9. The molecule has 0 aromatic rings. The molecule has 0 amide bonds. The van der Waals surface area contributed by atoms with Crippen molar-refractivity contribution in [3.63, 3.8) is 0 Å². The second-order valence-electron chi connectivity index (χ2n) is 8.50. The Morgan fingerprint density at radius 3 is 2.37 bits per heavy atom. The lowest BCUT2D eigenvalue weighted by atomic mass is 9.62. The van der Waals surface area contributed by atoms with Gasteiger partial charge in [0.25, 0.3) is 0 Å². The van der Waals surface area contributed by atoms with E-state index in [4.69, 9.17) is 0 Å². The molecule has 5 saturated carbocycles. The summed E-state index contributed by atoms with van der Waals surface area (Å²) in [4.78, 5) is 0. The molecule has 106 valence electrons. The van der Waals surface area contributed by atoms with Crippen LogP contribution in [0.4, 0.5) is 0 Å². The Morgan fingerprint density at radius 1 is 0.789 bits per heavy atom. The Morgan fingerprint density at radius 2 is 1.58 bits per heavy atom. The van der Waals surface area contributed by atoms with Crippen molar-refractivity contribution in [1.82, 2.24) is 0 Å². The van der Waals surface area contributed by atoms with Crippen LogP contribution < -0.4 is 0 Å². The minimum Gasteiger partial charge on any atom is -0.179 e. The maximum atomic E-state index is 4.43. The van der Waals surface area contributed by atoms with Crippen LogP contribution in [0.15, 0.2) is 0 Å².